The molecule has 0 saturated carbocycles. The number of β-amino-alcohol motifs (C(OH)–C–C–N with tert-alkyl or cyclic N) is 1. The number of thiophene rings is 1. The van der Waals surface area contributed by atoms with E-state index in [0.29, 0.717) is 19.7 Å². The molecule has 0 aromatic carbocycles. The third kappa shape index (κ3) is 3.50. The van der Waals surface area contributed by atoms with Crippen LogP contribution in [0.2, 0.25) is 0 Å². The van der Waals surface area contributed by atoms with Gasteiger partial charge in [0.25, 0.3) is 0 Å². The summed E-state index contributed by atoms with van der Waals surface area (Å²) in [5.41, 5.74) is 6.87. The van der Waals surface area contributed by atoms with Gasteiger partial charge in [0, 0.05) is 6.54 Å². The lowest BCUT2D eigenvalue weighted by Crippen LogP contribution is -2.49. The van der Waals surface area contributed by atoms with Crippen molar-refractivity contribution in [3.63, 3.8) is 0 Å². The number of carbonyl (C=O) groups is 1. The Morgan fingerprint density at radius 1 is 1.67 bits per heavy atom. The minimum absolute atomic E-state index is 0. The van der Waals surface area contributed by atoms with E-state index in [9.17, 15) is 9.90 Å². The average molecular weight is 293 g/mol. The van der Waals surface area contributed by atoms with E-state index in [1.165, 1.54) is 0 Å². The van der Waals surface area contributed by atoms with Crippen molar-refractivity contribution in [2.45, 2.75) is 18.4 Å². The van der Waals surface area contributed by atoms with Crippen LogP contribution < -0.4 is 5.73 Å². The molecule has 1 fully saturated rings. The summed E-state index contributed by atoms with van der Waals surface area (Å²) in [6.45, 7) is 1.49. The number of rotatable bonds is 4. The molecule has 3 atom stereocenters. The van der Waals surface area contributed by atoms with Crippen molar-refractivity contribution in [3.05, 3.63) is 22.4 Å². The first-order valence-electron chi connectivity index (χ1n) is 5.49. The zero-order valence-corrected chi connectivity index (χ0v) is 11.4. The number of morpholine rings is 1. The molecule has 1 aromatic rings. The fraction of sp³-hybridized carbons (Fsp3) is 0.545. The van der Waals surface area contributed by atoms with Crippen LogP contribution in [0.4, 0.5) is 0 Å². The average Bonchev–Trinajstić information content (AvgIpc) is 2.83. The zero-order valence-electron chi connectivity index (χ0n) is 9.77. The molecule has 3 N–H and O–H groups in total. The number of aliphatic hydroxyl groups excluding tert-OH is 1. The molecule has 3 unspecified atom stereocenters. The minimum atomic E-state index is -0.802. The third-order valence-corrected chi connectivity index (χ3v) is 3.58. The van der Waals surface area contributed by atoms with Crippen LogP contribution in [0.15, 0.2) is 16.8 Å². The van der Waals surface area contributed by atoms with Crippen LogP contribution in [0.25, 0.3) is 0 Å². The molecule has 2 rings (SSSR count). The molecule has 0 radical (unpaired) electrons. The summed E-state index contributed by atoms with van der Waals surface area (Å²) >= 11 is 1.57. The van der Waals surface area contributed by atoms with Crippen LogP contribution in [0.3, 0.4) is 0 Å². The summed E-state index contributed by atoms with van der Waals surface area (Å²) in [6, 6.07) is 1.19. The van der Waals surface area contributed by atoms with Gasteiger partial charge in [0.05, 0.1) is 25.2 Å². The van der Waals surface area contributed by atoms with Crippen molar-refractivity contribution in [2.75, 3.05) is 19.7 Å². The van der Waals surface area contributed by atoms with E-state index in [1.54, 1.807) is 11.3 Å². The fourth-order valence-corrected chi connectivity index (χ4v) is 2.79. The van der Waals surface area contributed by atoms with Gasteiger partial charge in [-0.25, -0.2) is 0 Å². The third-order valence-electron chi connectivity index (χ3n) is 2.88. The van der Waals surface area contributed by atoms with Crippen LogP contribution in [-0.4, -0.2) is 48.3 Å². The van der Waals surface area contributed by atoms with Crippen molar-refractivity contribution in [1.29, 1.82) is 0 Å². The summed E-state index contributed by atoms with van der Waals surface area (Å²) in [5, 5.41) is 13.4. The van der Waals surface area contributed by atoms with Gasteiger partial charge in [-0.15, -0.1) is 12.4 Å². The van der Waals surface area contributed by atoms with Crippen LogP contribution >= 0.6 is 23.7 Å². The Morgan fingerprint density at radius 3 is 3.00 bits per heavy atom. The van der Waals surface area contributed by atoms with Gasteiger partial charge in [-0.05, 0) is 22.4 Å². The van der Waals surface area contributed by atoms with Crippen molar-refractivity contribution < 1.29 is 14.6 Å². The highest BCUT2D eigenvalue weighted by molar-refractivity contribution is 7.07. The monoisotopic (exact) mass is 292 g/mol. The van der Waals surface area contributed by atoms with Crippen molar-refractivity contribution in [3.8, 4) is 0 Å². The number of nitrogens with two attached hydrogens (primary N) is 1. The fourth-order valence-electron chi connectivity index (χ4n) is 2.10. The Kier molecular flexibility index (Phi) is 6.20. The first kappa shape index (κ1) is 15.6. The van der Waals surface area contributed by atoms with E-state index >= 15 is 0 Å². The molecular formula is C11H17ClN2O3S. The first-order chi connectivity index (χ1) is 8.22. The van der Waals surface area contributed by atoms with E-state index < -0.39 is 12.3 Å². The van der Waals surface area contributed by atoms with E-state index in [1.807, 2.05) is 21.7 Å². The van der Waals surface area contributed by atoms with E-state index in [4.69, 9.17) is 10.5 Å². The molecule has 0 amide bonds. The van der Waals surface area contributed by atoms with Gasteiger partial charge in [-0.3, -0.25) is 4.90 Å². The van der Waals surface area contributed by atoms with Gasteiger partial charge in [-0.2, -0.15) is 11.3 Å². The number of aldehydes is 1. The maximum atomic E-state index is 10.9. The summed E-state index contributed by atoms with van der Waals surface area (Å²) in [6.07, 6.45) is -0.0480. The molecule has 0 aliphatic carbocycles. The Hall–Kier alpha value is -0.500. The maximum absolute atomic E-state index is 10.9. The van der Waals surface area contributed by atoms with E-state index in [-0.39, 0.29) is 18.4 Å². The number of hydrogen-bond acceptors (Lipinski definition) is 6. The molecule has 1 aliphatic rings. The lowest BCUT2D eigenvalue weighted by Gasteiger charge is -2.37. The molecule has 0 spiro atoms. The lowest BCUT2D eigenvalue weighted by molar-refractivity contribution is -0.155. The second-order valence-corrected chi connectivity index (χ2v) is 4.82. The van der Waals surface area contributed by atoms with Gasteiger partial charge < -0.3 is 20.4 Å². The predicted molar refractivity (Wildman–Crippen MR) is 71.9 cm³/mol. The maximum Gasteiger partial charge on any atom is 0.167 e. The lowest BCUT2D eigenvalue weighted by atomic mass is 10.0. The van der Waals surface area contributed by atoms with Crippen LogP contribution in [0.1, 0.15) is 11.6 Å². The highest BCUT2D eigenvalue weighted by Gasteiger charge is 2.30. The topological polar surface area (TPSA) is 75.8 Å². The second-order valence-electron chi connectivity index (χ2n) is 4.04. The Labute approximate surface area is 116 Å². The highest BCUT2D eigenvalue weighted by Crippen LogP contribution is 2.26. The number of ether oxygens (including phenoxy) is 1. The van der Waals surface area contributed by atoms with Crippen molar-refractivity contribution in [1.82, 2.24) is 4.90 Å². The minimum Gasteiger partial charge on any atom is -0.367 e. The van der Waals surface area contributed by atoms with Crippen LogP contribution in [-0.2, 0) is 9.53 Å². The molecule has 1 saturated heterocycles. The molecule has 1 aliphatic heterocycles. The van der Waals surface area contributed by atoms with Gasteiger partial charge in [-0.1, -0.05) is 0 Å². The SMILES string of the molecule is Cl.NC(C=O)C(c1ccsc1)N1CCOC(O)C1. The van der Waals surface area contributed by atoms with Gasteiger partial charge in [0.1, 0.15) is 6.29 Å². The van der Waals surface area contributed by atoms with Gasteiger partial charge >= 0.3 is 0 Å². The number of halogens is 1. The molecule has 18 heavy (non-hydrogen) atoms. The Balaban J connectivity index is 0.00000162. The number of aliphatic hydroxyl groups is 1. The predicted octanol–water partition coefficient (Wildman–Crippen LogP) is 0.388. The molecular weight excluding hydrogens is 276 g/mol. The summed E-state index contributed by atoms with van der Waals surface area (Å²) in [4.78, 5) is 12.9. The molecule has 102 valence electrons. The van der Waals surface area contributed by atoms with Crippen molar-refractivity contribution >= 4 is 30.0 Å². The Morgan fingerprint density at radius 2 is 2.44 bits per heavy atom. The first-order valence-corrected chi connectivity index (χ1v) is 6.43. The second kappa shape index (κ2) is 7.18. The number of nitrogens with zero attached hydrogens (tertiary/aromatic N) is 1. The van der Waals surface area contributed by atoms with E-state index in [2.05, 4.69) is 0 Å². The van der Waals surface area contributed by atoms with Gasteiger partial charge in [0.2, 0.25) is 0 Å². The Bertz CT molecular complexity index is 363. The molecule has 5 nitrogen and oxygen atoms in total. The molecule has 1 aromatic heterocycles. The number of carbonyl (C=O) groups excluding carboxylic acids is 1. The van der Waals surface area contributed by atoms with Gasteiger partial charge in [0.15, 0.2) is 6.29 Å². The summed E-state index contributed by atoms with van der Waals surface area (Å²) in [5.74, 6) is 0. The molecule has 7 heteroatoms. The smallest absolute Gasteiger partial charge is 0.167 e. The largest absolute Gasteiger partial charge is 0.367 e. The molecule has 2 heterocycles. The molecule has 0 bridgehead atoms. The summed E-state index contributed by atoms with van der Waals surface area (Å²) in [7, 11) is 0. The zero-order chi connectivity index (χ0) is 12.3. The summed E-state index contributed by atoms with van der Waals surface area (Å²) < 4.78 is 5.08. The van der Waals surface area contributed by atoms with Crippen LogP contribution in [0.5, 0.6) is 0 Å². The van der Waals surface area contributed by atoms with Crippen LogP contribution in [0, 0.1) is 0 Å². The quantitative estimate of drug-likeness (QED) is 0.785. The highest BCUT2D eigenvalue weighted by atomic mass is 35.5. The normalized spacial score (nSPS) is 24.0. The van der Waals surface area contributed by atoms with E-state index in [0.717, 1.165) is 11.8 Å². The van der Waals surface area contributed by atoms with Crippen molar-refractivity contribution in [2.24, 2.45) is 5.73 Å². The standard InChI is InChI=1S/C11H16N2O3S.ClH/c12-9(6-14)11(8-1-4-17-7-8)13-2-3-16-10(15)5-13;/h1,4,6-7,9-11,15H,2-3,5,12H2;1H. The number of hydrogen-bond donors (Lipinski definition) is 2.